The van der Waals surface area contributed by atoms with E-state index >= 15 is 0 Å². The van der Waals surface area contributed by atoms with Gasteiger partial charge in [-0.2, -0.15) is 0 Å². The van der Waals surface area contributed by atoms with Crippen LogP contribution in [0.3, 0.4) is 0 Å². The zero-order valence-electron chi connectivity index (χ0n) is 12.3. The summed E-state index contributed by atoms with van der Waals surface area (Å²) in [4.78, 5) is 22.6. The maximum atomic E-state index is 12.0. The second-order valence-corrected chi connectivity index (χ2v) is 6.38. The van der Waals surface area contributed by atoms with Crippen LogP contribution >= 0.6 is 0 Å². The van der Waals surface area contributed by atoms with Crippen LogP contribution in [0.2, 0.25) is 0 Å². The van der Waals surface area contributed by atoms with Crippen molar-refractivity contribution in [1.82, 2.24) is 5.32 Å². The molecule has 0 aliphatic rings. The highest BCUT2D eigenvalue weighted by Crippen LogP contribution is 2.12. The summed E-state index contributed by atoms with van der Waals surface area (Å²) in [6.45, 7) is 0.313. The molecule has 0 saturated heterocycles. The summed E-state index contributed by atoms with van der Waals surface area (Å²) in [7, 11) is -1.14. The Kier molecular flexibility index (Phi) is 5.99. The second kappa shape index (κ2) is 8.19. The number of non-ortho nitro benzene ring substituents is 1. The minimum Gasteiger partial charge on any atom is -0.355 e. The lowest BCUT2D eigenvalue weighted by atomic mass is 10.1. The molecule has 1 amide bonds. The van der Waals surface area contributed by atoms with Crippen molar-refractivity contribution < 1.29 is 13.9 Å². The average molecular weight is 332 g/mol. The van der Waals surface area contributed by atoms with Gasteiger partial charge in [-0.15, -0.1) is 0 Å². The van der Waals surface area contributed by atoms with Gasteiger partial charge in [-0.3, -0.25) is 19.1 Å². The molecular formula is C16H16N2O4S. The Labute approximate surface area is 136 Å². The van der Waals surface area contributed by atoms with Crippen molar-refractivity contribution in [2.24, 2.45) is 0 Å². The van der Waals surface area contributed by atoms with E-state index < -0.39 is 15.7 Å². The van der Waals surface area contributed by atoms with Crippen LogP contribution in [0.5, 0.6) is 0 Å². The SMILES string of the molecule is O=C(Cc1ccc([N+](=O)[O-])cc1)NCC[S@](=O)c1ccccc1. The van der Waals surface area contributed by atoms with Crippen LogP contribution < -0.4 is 5.32 Å². The zero-order chi connectivity index (χ0) is 16.7. The molecule has 0 aliphatic carbocycles. The predicted molar refractivity (Wildman–Crippen MR) is 87.5 cm³/mol. The van der Waals surface area contributed by atoms with Crippen LogP contribution in [0.1, 0.15) is 5.56 Å². The third-order valence-corrected chi connectivity index (χ3v) is 4.50. The van der Waals surface area contributed by atoms with Crippen molar-refractivity contribution in [2.75, 3.05) is 12.3 Å². The van der Waals surface area contributed by atoms with Crippen LogP contribution in [0, 0.1) is 10.1 Å². The third kappa shape index (κ3) is 5.30. The van der Waals surface area contributed by atoms with Crippen molar-refractivity contribution in [3.05, 3.63) is 70.3 Å². The van der Waals surface area contributed by atoms with E-state index in [1.54, 1.807) is 24.3 Å². The molecule has 2 aromatic carbocycles. The molecule has 0 fully saturated rings. The first-order valence-electron chi connectivity index (χ1n) is 7.00. The summed E-state index contributed by atoms with van der Waals surface area (Å²) in [5.74, 6) is 0.139. The Morgan fingerprint density at radius 2 is 1.74 bits per heavy atom. The van der Waals surface area contributed by atoms with E-state index in [0.717, 1.165) is 4.90 Å². The van der Waals surface area contributed by atoms with Gasteiger partial charge < -0.3 is 5.32 Å². The fourth-order valence-electron chi connectivity index (χ4n) is 1.96. The maximum Gasteiger partial charge on any atom is 0.269 e. The first-order valence-corrected chi connectivity index (χ1v) is 8.31. The zero-order valence-corrected chi connectivity index (χ0v) is 13.1. The molecule has 0 unspecified atom stereocenters. The van der Waals surface area contributed by atoms with Crippen molar-refractivity contribution >= 4 is 22.4 Å². The van der Waals surface area contributed by atoms with Crippen LogP contribution in [-0.2, 0) is 22.0 Å². The quantitative estimate of drug-likeness (QED) is 0.621. The minimum atomic E-state index is -1.14. The third-order valence-electron chi connectivity index (χ3n) is 3.13. The second-order valence-electron chi connectivity index (χ2n) is 4.81. The topological polar surface area (TPSA) is 89.3 Å². The first kappa shape index (κ1) is 16.8. The van der Waals surface area contributed by atoms with E-state index in [4.69, 9.17) is 0 Å². The molecule has 1 N–H and O–H groups in total. The molecule has 0 aromatic heterocycles. The summed E-state index contributed by atoms with van der Waals surface area (Å²) in [6.07, 6.45) is 0.135. The summed E-state index contributed by atoms with van der Waals surface area (Å²) in [5.41, 5.74) is 0.685. The first-order chi connectivity index (χ1) is 11.1. The number of nitro groups is 1. The van der Waals surface area contributed by atoms with E-state index in [9.17, 15) is 19.1 Å². The minimum absolute atomic E-state index is 0.00702. The van der Waals surface area contributed by atoms with E-state index in [1.165, 1.54) is 12.1 Å². The van der Waals surface area contributed by atoms with Crippen LogP contribution in [-0.4, -0.2) is 27.3 Å². The lowest BCUT2D eigenvalue weighted by molar-refractivity contribution is -0.384. The summed E-state index contributed by atoms with van der Waals surface area (Å²) >= 11 is 0. The fraction of sp³-hybridized carbons (Fsp3) is 0.188. The van der Waals surface area contributed by atoms with Gasteiger partial charge in [0.1, 0.15) is 0 Å². The van der Waals surface area contributed by atoms with Crippen molar-refractivity contribution in [2.45, 2.75) is 11.3 Å². The number of carbonyl (C=O) groups excluding carboxylic acids is 1. The van der Waals surface area contributed by atoms with Gasteiger partial charge in [-0.1, -0.05) is 30.3 Å². The lowest BCUT2D eigenvalue weighted by Crippen LogP contribution is -2.29. The van der Waals surface area contributed by atoms with Crippen LogP contribution in [0.15, 0.2) is 59.5 Å². The average Bonchev–Trinajstić information content (AvgIpc) is 2.56. The van der Waals surface area contributed by atoms with Gasteiger partial charge in [0.2, 0.25) is 5.91 Å². The number of amides is 1. The molecule has 0 saturated carbocycles. The van der Waals surface area contributed by atoms with Crippen LogP contribution in [0.4, 0.5) is 5.69 Å². The van der Waals surface area contributed by atoms with Gasteiger partial charge in [0, 0.05) is 29.3 Å². The number of hydrogen-bond donors (Lipinski definition) is 1. The number of nitrogens with one attached hydrogen (secondary N) is 1. The molecule has 0 radical (unpaired) electrons. The van der Waals surface area contributed by atoms with Gasteiger partial charge in [-0.25, -0.2) is 0 Å². The Morgan fingerprint density at radius 1 is 1.09 bits per heavy atom. The molecule has 120 valence electrons. The van der Waals surface area contributed by atoms with Crippen LogP contribution in [0.25, 0.3) is 0 Å². The predicted octanol–water partition coefficient (Wildman–Crippen LogP) is 2.06. The molecule has 0 heterocycles. The van der Waals surface area contributed by atoms with Crippen molar-refractivity contribution in [3.8, 4) is 0 Å². The Hall–Kier alpha value is -2.54. The molecule has 2 aromatic rings. The highest BCUT2D eigenvalue weighted by molar-refractivity contribution is 7.85. The molecule has 0 aliphatic heterocycles. The van der Waals surface area contributed by atoms with Gasteiger partial charge in [0.25, 0.3) is 5.69 Å². The number of benzene rings is 2. The molecule has 0 spiro atoms. The molecular weight excluding hydrogens is 316 g/mol. The molecule has 7 heteroatoms. The number of nitrogens with zero attached hydrogens (tertiary/aromatic N) is 1. The van der Waals surface area contributed by atoms with E-state index in [-0.39, 0.29) is 18.0 Å². The van der Waals surface area contributed by atoms with Gasteiger partial charge in [0.15, 0.2) is 0 Å². The smallest absolute Gasteiger partial charge is 0.269 e. The number of nitro benzene ring substituents is 1. The standard InChI is InChI=1S/C16H16N2O4S/c19-16(12-13-6-8-14(9-7-13)18(20)21)17-10-11-23(22)15-4-2-1-3-5-15/h1-9H,10-12H2,(H,17,19)/t23-/m0/s1. The molecule has 2 rings (SSSR count). The molecule has 1 atom stereocenters. The Morgan fingerprint density at radius 3 is 2.35 bits per heavy atom. The normalized spacial score (nSPS) is 11.7. The van der Waals surface area contributed by atoms with Gasteiger partial charge in [0.05, 0.1) is 22.1 Å². The van der Waals surface area contributed by atoms with E-state index in [0.29, 0.717) is 17.9 Å². The maximum absolute atomic E-state index is 12.0. The fourth-order valence-corrected chi connectivity index (χ4v) is 2.94. The molecule has 0 bridgehead atoms. The molecule has 23 heavy (non-hydrogen) atoms. The highest BCUT2D eigenvalue weighted by atomic mass is 32.2. The molecule has 6 nitrogen and oxygen atoms in total. The Balaban J connectivity index is 1.77. The van der Waals surface area contributed by atoms with Crippen molar-refractivity contribution in [1.29, 1.82) is 0 Å². The number of rotatable bonds is 7. The summed E-state index contributed by atoms with van der Waals surface area (Å²) < 4.78 is 12.0. The van der Waals surface area contributed by atoms with Gasteiger partial charge in [-0.05, 0) is 17.7 Å². The largest absolute Gasteiger partial charge is 0.355 e. The van der Waals surface area contributed by atoms with E-state index in [1.807, 2.05) is 18.2 Å². The summed E-state index contributed by atoms with van der Waals surface area (Å²) in [6, 6.07) is 14.9. The lowest BCUT2D eigenvalue weighted by Gasteiger charge is -2.06. The monoisotopic (exact) mass is 332 g/mol. The number of carbonyl (C=O) groups is 1. The van der Waals surface area contributed by atoms with Crippen molar-refractivity contribution in [3.63, 3.8) is 0 Å². The Bertz CT molecular complexity index is 702. The van der Waals surface area contributed by atoms with E-state index in [2.05, 4.69) is 5.32 Å². The van der Waals surface area contributed by atoms with Gasteiger partial charge >= 0.3 is 0 Å². The highest BCUT2D eigenvalue weighted by Gasteiger charge is 2.08. The number of hydrogen-bond acceptors (Lipinski definition) is 4. The summed E-state index contributed by atoms with van der Waals surface area (Å²) in [5, 5.41) is 13.3.